The van der Waals surface area contributed by atoms with Gasteiger partial charge in [-0.25, -0.2) is 0 Å². The van der Waals surface area contributed by atoms with Crippen LogP contribution in [-0.4, -0.2) is 46.9 Å². The van der Waals surface area contributed by atoms with Crippen LogP contribution in [0, 0.1) is 0 Å². The van der Waals surface area contributed by atoms with Crippen molar-refractivity contribution >= 4 is 40.2 Å². The molecule has 1 amide bonds. The quantitative estimate of drug-likeness (QED) is 0.543. The number of hydrogen-bond donors (Lipinski definition) is 1. The molecule has 0 heterocycles. The molecule has 1 N–H and O–H groups in total. The second-order valence-corrected chi connectivity index (χ2v) is 6.16. The zero-order chi connectivity index (χ0) is 17.3. The minimum atomic E-state index is -4.62. The summed E-state index contributed by atoms with van der Waals surface area (Å²) < 4.78 is 48.6. The molecular formula is C13H22F3NO4S2. The fourth-order valence-electron chi connectivity index (χ4n) is 1.43. The van der Waals surface area contributed by atoms with Gasteiger partial charge in [-0.1, -0.05) is 19.2 Å². The van der Waals surface area contributed by atoms with Gasteiger partial charge in [0.05, 0.1) is 6.61 Å². The third-order valence-corrected chi connectivity index (χ3v) is 3.65. The molecule has 5 nitrogen and oxygen atoms in total. The molecule has 0 aliphatic rings. The van der Waals surface area contributed by atoms with Crippen LogP contribution in [0.3, 0.4) is 0 Å². The molecule has 0 spiro atoms. The van der Waals surface area contributed by atoms with Crippen LogP contribution >= 0.6 is 24.0 Å². The Balaban J connectivity index is 0. The standard InChI is InChI=1S/C12H18F3NO4S2.CH4/c1-4-19-11(21)22-9(6-20-8(3)18)5-10(12(13,14)15)16-7(2)17;/h9-10H,4-6H2,1-3H3,(H,16,17);1H4. The highest BCUT2D eigenvalue weighted by Crippen LogP contribution is 2.28. The van der Waals surface area contributed by atoms with E-state index in [2.05, 4.69) is 0 Å². The summed E-state index contributed by atoms with van der Waals surface area (Å²) in [5.74, 6) is -1.41. The second-order valence-electron chi connectivity index (χ2n) is 4.26. The van der Waals surface area contributed by atoms with Gasteiger partial charge in [0.25, 0.3) is 0 Å². The van der Waals surface area contributed by atoms with E-state index in [1.807, 2.05) is 5.32 Å². The van der Waals surface area contributed by atoms with E-state index in [9.17, 15) is 22.8 Å². The number of nitrogens with one attached hydrogen (secondary N) is 1. The summed E-state index contributed by atoms with van der Waals surface area (Å²) >= 11 is 5.74. The monoisotopic (exact) mass is 377 g/mol. The van der Waals surface area contributed by atoms with Gasteiger partial charge in [0.1, 0.15) is 12.6 Å². The molecule has 23 heavy (non-hydrogen) atoms. The molecule has 0 saturated heterocycles. The van der Waals surface area contributed by atoms with Crippen molar-refractivity contribution < 1.29 is 32.2 Å². The SMILES string of the molecule is C.CCOC(=S)SC(COC(C)=O)CC(NC(C)=O)C(F)(F)F. The Labute approximate surface area is 143 Å². The normalized spacial score (nSPS) is 13.3. The lowest BCUT2D eigenvalue weighted by molar-refractivity contribution is -0.163. The summed E-state index contributed by atoms with van der Waals surface area (Å²) in [6.45, 7) is 3.85. The third kappa shape index (κ3) is 12.1. The molecule has 0 bridgehead atoms. The minimum absolute atomic E-state index is 0. The van der Waals surface area contributed by atoms with E-state index < -0.39 is 35.8 Å². The first-order chi connectivity index (χ1) is 10.1. The van der Waals surface area contributed by atoms with Gasteiger partial charge in [-0.05, 0) is 25.6 Å². The lowest BCUT2D eigenvalue weighted by Gasteiger charge is -2.25. The molecule has 0 aromatic rings. The van der Waals surface area contributed by atoms with E-state index in [-0.39, 0.29) is 25.0 Å². The van der Waals surface area contributed by atoms with E-state index in [4.69, 9.17) is 21.7 Å². The Morgan fingerprint density at radius 2 is 1.83 bits per heavy atom. The van der Waals surface area contributed by atoms with Crippen molar-refractivity contribution in [3.05, 3.63) is 0 Å². The summed E-state index contributed by atoms with van der Waals surface area (Å²) in [4.78, 5) is 21.8. The van der Waals surface area contributed by atoms with E-state index in [0.717, 1.165) is 25.6 Å². The number of thiocarbonyl (C=S) groups is 1. The van der Waals surface area contributed by atoms with Crippen LogP contribution in [0.15, 0.2) is 0 Å². The van der Waals surface area contributed by atoms with Crippen LogP contribution in [0.2, 0.25) is 0 Å². The second kappa shape index (κ2) is 11.5. The average Bonchev–Trinajstić information content (AvgIpc) is 2.33. The number of alkyl halides is 3. The molecule has 0 rings (SSSR count). The Morgan fingerprint density at radius 1 is 1.26 bits per heavy atom. The van der Waals surface area contributed by atoms with Gasteiger partial charge in [-0.2, -0.15) is 13.2 Å². The van der Waals surface area contributed by atoms with E-state index in [1.165, 1.54) is 0 Å². The number of thioether (sulfide) groups is 1. The summed E-state index contributed by atoms with van der Waals surface area (Å²) in [6, 6.07) is -2.05. The van der Waals surface area contributed by atoms with Gasteiger partial charge in [0, 0.05) is 19.1 Å². The van der Waals surface area contributed by atoms with Gasteiger partial charge >= 0.3 is 12.1 Å². The highest BCUT2D eigenvalue weighted by molar-refractivity contribution is 8.23. The molecule has 0 aliphatic heterocycles. The Bertz CT molecular complexity index is 405. The van der Waals surface area contributed by atoms with Gasteiger partial charge in [-0.3, -0.25) is 9.59 Å². The van der Waals surface area contributed by atoms with Crippen LogP contribution in [0.1, 0.15) is 34.6 Å². The largest absolute Gasteiger partial charge is 0.479 e. The summed E-state index contributed by atoms with van der Waals surface area (Å²) in [6.07, 6.45) is -5.11. The topological polar surface area (TPSA) is 64.6 Å². The molecule has 2 unspecified atom stereocenters. The fraction of sp³-hybridized carbons (Fsp3) is 0.769. The average molecular weight is 377 g/mol. The van der Waals surface area contributed by atoms with Gasteiger partial charge in [0.15, 0.2) is 0 Å². The predicted molar refractivity (Wildman–Crippen MR) is 87.2 cm³/mol. The molecule has 10 heteroatoms. The number of hydrogen-bond acceptors (Lipinski definition) is 6. The predicted octanol–water partition coefficient (Wildman–Crippen LogP) is 3.07. The number of carbonyl (C=O) groups is 2. The maximum absolute atomic E-state index is 12.9. The van der Waals surface area contributed by atoms with Crippen molar-refractivity contribution in [1.29, 1.82) is 0 Å². The smallest absolute Gasteiger partial charge is 0.408 e. The maximum atomic E-state index is 12.9. The van der Waals surface area contributed by atoms with Crippen molar-refractivity contribution in [2.45, 2.75) is 52.1 Å². The van der Waals surface area contributed by atoms with Crippen molar-refractivity contribution in [3.8, 4) is 0 Å². The fourth-order valence-corrected chi connectivity index (χ4v) is 2.84. The molecular weight excluding hydrogens is 355 g/mol. The first kappa shape index (κ1) is 24.2. The zero-order valence-corrected chi connectivity index (χ0v) is 14.0. The number of ether oxygens (including phenoxy) is 2. The first-order valence-electron chi connectivity index (χ1n) is 6.36. The lowest BCUT2D eigenvalue weighted by Crippen LogP contribution is -2.46. The summed E-state index contributed by atoms with van der Waals surface area (Å²) in [7, 11) is 0. The Kier molecular flexibility index (Phi) is 12.1. The highest BCUT2D eigenvalue weighted by Gasteiger charge is 2.42. The van der Waals surface area contributed by atoms with Crippen molar-refractivity contribution in [3.63, 3.8) is 0 Å². The van der Waals surface area contributed by atoms with Crippen LogP contribution in [0.25, 0.3) is 0 Å². The third-order valence-electron chi connectivity index (χ3n) is 2.27. The van der Waals surface area contributed by atoms with Crippen LogP contribution in [0.5, 0.6) is 0 Å². The first-order valence-corrected chi connectivity index (χ1v) is 7.65. The van der Waals surface area contributed by atoms with E-state index in [1.54, 1.807) is 6.92 Å². The molecule has 0 aliphatic carbocycles. The highest BCUT2D eigenvalue weighted by atomic mass is 32.2. The number of esters is 1. The Morgan fingerprint density at radius 3 is 2.22 bits per heavy atom. The van der Waals surface area contributed by atoms with E-state index in [0.29, 0.717) is 0 Å². The number of amides is 1. The molecule has 0 aromatic carbocycles. The molecule has 136 valence electrons. The van der Waals surface area contributed by atoms with Crippen LogP contribution in [-0.2, 0) is 19.1 Å². The zero-order valence-electron chi connectivity index (χ0n) is 12.4. The van der Waals surface area contributed by atoms with Crippen molar-refractivity contribution in [2.75, 3.05) is 13.2 Å². The molecule has 0 radical (unpaired) electrons. The molecule has 0 saturated carbocycles. The van der Waals surface area contributed by atoms with Crippen molar-refractivity contribution in [1.82, 2.24) is 5.32 Å². The van der Waals surface area contributed by atoms with Gasteiger partial charge in [-0.15, -0.1) is 0 Å². The summed E-state index contributed by atoms with van der Waals surface area (Å²) in [5.41, 5.74) is 0. The Hall–Kier alpha value is -1.03. The molecule has 0 aromatic heterocycles. The number of halogens is 3. The number of rotatable bonds is 7. The van der Waals surface area contributed by atoms with Gasteiger partial charge in [0.2, 0.25) is 10.3 Å². The van der Waals surface area contributed by atoms with Crippen LogP contribution in [0.4, 0.5) is 13.2 Å². The van der Waals surface area contributed by atoms with Crippen LogP contribution < -0.4 is 5.32 Å². The molecule has 2 atom stereocenters. The van der Waals surface area contributed by atoms with Gasteiger partial charge < -0.3 is 14.8 Å². The maximum Gasteiger partial charge on any atom is 0.408 e. The molecule has 0 fully saturated rings. The number of carbonyl (C=O) groups excluding carboxylic acids is 2. The van der Waals surface area contributed by atoms with Crippen molar-refractivity contribution in [2.24, 2.45) is 0 Å². The summed E-state index contributed by atoms with van der Waals surface area (Å²) in [5, 5.41) is 1.05. The van der Waals surface area contributed by atoms with E-state index >= 15 is 0 Å². The minimum Gasteiger partial charge on any atom is -0.479 e. The lowest BCUT2D eigenvalue weighted by atomic mass is 10.1.